The van der Waals surface area contributed by atoms with Crippen LogP contribution in [-0.2, 0) is 0 Å². The average Bonchev–Trinajstić information content (AvgIpc) is 2.44. The van der Waals surface area contributed by atoms with E-state index < -0.39 is 0 Å². The van der Waals surface area contributed by atoms with Gasteiger partial charge in [0.2, 0.25) is 0 Å². The third-order valence-corrected chi connectivity index (χ3v) is 7.59. The van der Waals surface area contributed by atoms with Gasteiger partial charge in [0.05, 0.1) is 0 Å². The largest absolute Gasteiger partial charge is 0.312 e. The van der Waals surface area contributed by atoms with Crippen LogP contribution in [-0.4, -0.2) is 37.1 Å². The van der Waals surface area contributed by atoms with Crippen molar-refractivity contribution < 1.29 is 0 Å². The molecule has 1 saturated heterocycles. The van der Waals surface area contributed by atoms with Gasteiger partial charge in [-0.2, -0.15) is 0 Å². The summed E-state index contributed by atoms with van der Waals surface area (Å²) in [6.07, 6.45) is 13.5. The molecule has 4 bridgehead atoms. The molecular formula is C19H34N2. The summed E-state index contributed by atoms with van der Waals surface area (Å²) in [5.41, 5.74) is 0.669. The fraction of sp³-hybridized carbons (Fsp3) is 1.00. The Morgan fingerprint density at radius 3 is 2.24 bits per heavy atom. The molecule has 4 aliphatic carbocycles. The summed E-state index contributed by atoms with van der Waals surface area (Å²) in [5.74, 6) is 3.24. The van der Waals surface area contributed by atoms with E-state index >= 15 is 0 Å². The van der Waals surface area contributed by atoms with E-state index in [1.54, 1.807) is 19.3 Å². The van der Waals surface area contributed by atoms with Gasteiger partial charge in [-0.15, -0.1) is 0 Å². The Labute approximate surface area is 131 Å². The van der Waals surface area contributed by atoms with Crippen molar-refractivity contribution in [3.63, 3.8) is 0 Å². The van der Waals surface area contributed by atoms with Gasteiger partial charge in [-0.1, -0.05) is 6.42 Å². The van der Waals surface area contributed by atoms with E-state index in [9.17, 15) is 0 Å². The van der Waals surface area contributed by atoms with Crippen LogP contribution in [0.25, 0.3) is 0 Å². The molecule has 0 aromatic carbocycles. The normalized spacial score (nSPS) is 47.7. The van der Waals surface area contributed by atoms with E-state index in [2.05, 4.69) is 24.2 Å². The summed E-state index contributed by atoms with van der Waals surface area (Å²) < 4.78 is 0. The Morgan fingerprint density at radius 1 is 1.05 bits per heavy atom. The number of rotatable bonds is 4. The molecule has 1 aliphatic heterocycles. The highest BCUT2D eigenvalue weighted by atomic mass is 15.2. The number of nitrogens with zero attached hydrogens (tertiary/aromatic N) is 1. The molecule has 120 valence electrons. The fourth-order valence-electron chi connectivity index (χ4n) is 6.64. The number of piperidine rings is 1. The lowest BCUT2D eigenvalue weighted by atomic mass is 9.48. The first-order chi connectivity index (χ1) is 10.1. The van der Waals surface area contributed by atoms with Gasteiger partial charge in [0.15, 0.2) is 0 Å². The minimum Gasteiger partial charge on any atom is -0.312 e. The van der Waals surface area contributed by atoms with Gasteiger partial charge >= 0.3 is 0 Å². The molecule has 2 atom stereocenters. The first-order valence-corrected chi connectivity index (χ1v) is 9.58. The highest BCUT2D eigenvalue weighted by Gasteiger charge is 2.52. The number of hydrogen-bond acceptors (Lipinski definition) is 2. The van der Waals surface area contributed by atoms with Crippen LogP contribution >= 0.6 is 0 Å². The van der Waals surface area contributed by atoms with Crippen LogP contribution < -0.4 is 5.32 Å². The van der Waals surface area contributed by atoms with Crippen LogP contribution in [0.1, 0.15) is 64.7 Å². The second-order valence-corrected chi connectivity index (χ2v) is 9.04. The van der Waals surface area contributed by atoms with Crippen LogP contribution in [0.4, 0.5) is 0 Å². The predicted molar refractivity (Wildman–Crippen MR) is 88.3 cm³/mol. The van der Waals surface area contributed by atoms with Crippen molar-refractivity contribution in [3.8, 4) is 0 Å². The van der Waals surface area contributed by atoms with Gasteiger partial charge < -0.3 is 10.2 Å². The van der Waals surface area contributed by atoms with Crippen molar-refractivity contribution >= 4 is 0 Å². The van der Waals surface area contributed by atoms with Gasteiger partial charge in [0.25, 0.3) is 0 Å². The quantitative estimate of drug-likeness (QED) is 0.850. The third kappa shape index (κ3) is 2.67. The lowest BCUT2D eigenvalue weighted by Gasteiger charge is -2.59. The Bertz CT molecular complexity index is 342. The topological polar surface area (TPSA) is 15.3 Å². The monoisotopic (exact) mass is 290 g/mol. The summed E-state index contributed by atoms with van der Waals surface area (Å²) in [4.78, 5) is 2.59. The van der Waals surface area contributed by atoms with Crippen molar-refractivity contribution in [2.75, 3.05) is 20.1 Å². The van der Waals surface area contributed by atoms with Gasteiger partial charge in [-0.3, -0.25) is 0 Å². The van der Waals surface area contributed by atoms with Crippen molar-refractivity contribution in [1.29, 1.82) is 0 Å². The summed E-state index contributed by atoms with van der Waals surface area (Å²) in [5, 5.41) is 4.00. The average molecular weight is 290 g/mol. The Hall–Kier alpha value is -0.0800. The molecule has 1 N–H and O–H groups in total. The SMILES string of the molecule is CC(NCC1CCCCN1C)C12CC3CC(CC(C3)C1)C2. The first kappa shape index (κ1) is 14.5. The molecule has 0 radical (unpaired) electrons. The first-order valence-electron chi connectivity index (χ1n) is 9.58. The summed E-state index contributed by atoms with van der Waals surface area (Å²) in [6, 6.07) is 1.52. The molecule has 5 aliphatic rings. The number of hydrogen-bond donors (Lipinski definition) is 1. The molecule has 2 heteroatoms. The maximum absolute atomic E-state index is 4.00. The predicted octanol–water partition coefficient (Wildman–Crippen LogP) is 3.67. The lowest BCUT2D eigenvalue weighted by Crippen LogP contribution is -2.56. The molecule has 5 rings (SSSR count). The minimum atomic E-state index is 0.669. The molecule has 1 heterocycles. The van der Waals surface area contributed by atoms with Gasteiger partial charge in [-0.05, 0) is 95.1 Å². The Balaban J connectivity index is 1.37. The second-order valence-electron chi connectivity index (χ2n) is 9.04. The van der Waals surface area contributed by atoms with Crippen LogP contribution in [0.3, 0.4) is 0 Å². The van der Waals surface area contributed by atoms with E-state index in [-0.39, 0.29) is 0 Å². The molecule has 0 spiro atoms. The highest BCUT2D eigenvalue weighted by Crippen LogP contribution is 2.61. The second kappa shape index (κ2) is 5.53. The zero-order chi connectivity index (χ0) is 14.4. The van der Waals surface area contributed by atoms with Crippen molar-refractivity contribution in [3.05, 3.63) is 0 Å². The molecule has 21 heavy (non-hydrogen) atoms. The van der Waals surface area contributed by atoms with Crippen LogP contribution in [0.2, 0.25) is 0 Å². The molecule has 2 unspecified atom stereocenters. The summed E-state index contributed by atoms with van der Waals surface area (Å²) in [6.45, 7) is 5.04. The van der Waals surface area contributed by atoms with Crippen LogP contribution in [0.15, 0.2) is 0 Å². The zero-order valence-electron chi connectivity index (χ0n) is 14.1. The summed E-state index contributed by atoms with van der Waals surface area (Å²) in [7, 11) is 2.32. The standard InChI is InChI=1S/C19H34N2/c1-14(20-13-18-5-3-4-6-21(18)2)19-10-15-7-16(11-19)9-17(8-15)12-19/h14-18,20H,3-13H2,1-2H3. The molecule has 5 fully saturated rings. The fourth-order valence-corrected chi connectivity index (χ4v) is 6.64. The van der Waals surface area contributed by atoms with Crippen molar-refractivity contribution in [2.45, 2.75) is 76.8 Å². The number of likely N-dealkylation sites (N-methyl/N-ethyl adjacent to an activating group) is 1. The van der Waals surface area contributed by atoms with E-state index in [0.717, 1.165) is 29.8 Å². The lowest BCUT2D eigenvalue weighted by molar-refractivity contribution is -0.0712. The third-order valence-electron chi connectivity index (χ3n) is 7.59. The maximum Gasteiger partial charge on any atom is 0.0217 e. The molecule has 0 aromatic heterocycles. The van der Waals surface area contributed by atoms with Gasteiger partial charge in [0.1, 0.15) is 0 Å². The van der Waals surface area contributed by atoms with Crippen molar-refractivity contribution in [1.82, 2.24) is 10.2 Å². The summed E-state index contributed by atoms with van der Waals surface area (Å²) >= 11 is 0. The van der Waals surface area contributed by atoms with E-state index in [0.29, 0.717) is 5.41 Å². The van der Waals surface area contributed by atoms with Crippen molar-refractivity contribution in [2.24, 2.45) is 23.2 Å². The van der Waals surface area contributed by atoms with E-state index in [1.165, 1.54) is 51.6 Å². The van der Waals surface area contributed by atoms with Gasteiger partial charge in [0, 0.05) is 18.6 Å². The molecule has 0 amide bonds. The molecule has 0 aromatic rings. The van der Waals surface area contributed by atoms with E-state index in [1.807, 2.05) is 0 Å². The molecule has 2 nitrogen and oxygen atoms in total. The van der Waals surface area contributed by atoms with Gasteiger partial charge in [-0.25, -0.2) is 0 Å². The number of likely N-dealkylation sites (tertiary alicyclic amines) is 1. The molecular weight excluding hydrogens is 256 g/mol. The minimum absolute atomic E-state index is 0.669. The Morgan fingerprint density at radius 2 is 1.67 bits per heavy atom. The van der Waals surface area contributed by atoms with Crippen LogP contribution in [0, 0.1) is 23.2 Å². The van der Waals surface area contributed by atoms with E-state index in [4.69, 9.17) is 0 Å². The maximum atomic E-state index is 4.00. The van der Waals surface area contributed by atoms with Crippen LogP contribution in [0.5, 0.6) is 0 Å². The number of nitrogens with one attached hydrogen (secondary N) is 1. The smallest absolute Gasteiger partial charge is 0.0217 e. The molecule has 4 saturated carbocycles. The highest BCUT2D eigenvalue weighted by molar-refractivity contribution is 5.05. The Kier molecular flexibility index (Phi) is 3.82. The zero-order valence-corrected chi connectivity index (χ0v) is 14.1.